The third kappa shape index (κ3) is 7.17. The van der Waals surface area contributed by atoms with E-state index >= 15 is 0 Å². The van der Waals surface area contributed by atoms with Crippen molar-refractivity contribution in [2.24, 2.45) is 0 Å². The van der Waals surface area contributed by atoms with E-state index in [1.807, 2.05) is 26.8 Å². The Hall–Kier alpha value is -3.96. The van der Waals surface area contributed by atoms with Gasteiger partial charge in [-0.25, -0.2) is 9.37 Å². The van der Waals surface area contributed by atoms with E-state index in [9.17, 15) is 22.7 Å². The summed E-state index contributed by atoms with van der Waals surface area (Å²) in [7, 11) is 0. The van der Waals surface area contributed by atoms with Crippen LogP contribution < -0.4 is 15.0 Å². The molecule has 11 heteroatoms. The lowest BCUT2D eigenvalue weighted by atomic mass is 9.95. The van der Waals surface area contributed by atoms with Gasteiger partial charge in [-0.05, 0) is 79.8 Å². The van der Waals surface area contributed by atoms with Crippen LogP contribution in [-0.2, 0) is 16.9 Å². The molecule has 7 nitrogen and oxygen atoms in total. The number of rotatable bonds is 13. The molecule has 0 aliphatic rings. The van der Waals surface area contributed by atoms with Gasteiger partial charge in [-0.3, -0.25) is 15.3 Å². The van der Waals surface area contributed by atoms with Crippen molar-refractivity contribution in [3.05, 3.63) is 77.4 Å². The monoisotopic (exact) mass is 601 g/mol. The molecule has 2 heterocycles. The number of aromatic nitrogens is 2. The Bertz CT molecular complexity index is 1550. The number of alkyl halides is 3. The van der Waals surface area contributed by atoms with Gasteiger partial charge >= 0.3 is 6.18 Å². The average molecular weight is 602 g/mol. The van der Waals surface area contributed by atoms with Gasteiger partial charge < -0.3 is 14.6 Å². The van der Waals surface area contributed by atoms with E-state index in [1.165, 1.54) is 30.3 Å². The minimum absolute atomic E-state index is 0.0635. The van der Waals surface area contributed by atoms with Gasteiger partial charge in [0.1, 0.15) is 35.1 Å². The zero-order valence-corrected chi connectivity index (χ0v) is 24.5. The molecule has 0 fully saturated rings. The number of hydrogen-bond acceptors (Lipinski definition) is 7. The first-order valence-electron chi connectivity index (χ1n) is 14.1. The van der Waals surface area contributed by atoms with Crippen molar-refractivity contribution in [1.82, 2.24) is 9.97 Å². The predicted molar refractivity (Wildman–Crippen MR) is 157 cm³/mol. The molecule has 0 bridgehead atoms. The molecule has 1 atom stereocenters. The molecule has 2 aromatic heterocycles. The van der Waals surface area contributed by atoms with Crippen LogP contribution in [0, 0.1) is 12.7 Å². The Morgan fingerprint density at radius 3 is 2.28 bits per heavy atom. The fourth-order valence-electron chi connectivity index (χ4n) is 4.46. The van der Waals surface area contributed by atoms with Crippen LogP contribution in [0.5, 0.6) is 11.5 Å². The van der Waals surface area contributed by atoms with Crippen LogP contribution in [0.3, 0.4) is 0 Å². The number of nitrogens with zero attached hydrogens (tertiary/aromatic N) is 2. The molecule has 0 aliphatic heterocycles. The molecule has 2 aromatic carbocycles. The molecular formula is C32H35F4N3O4. The number of halogens is 4. The maximum absolute atomic E-state index is 14.6. The zero-order valence-electron chi connectivity index (χ0n) is 24.5. The van der Waals surface area contributed by atoms with E-state index in [0.717, 1.165) is 12.0 Å². The molecule has 0 aliphatic carbocycles. The molecule has 43 heavy (non-hydrogen) atoms. The van der Waals surface area contributed by atoms with Gasteiger partial charge in [0.05, 0.1) is 24.6 Å². The molecule has 0 saturated carbocycles. The fourth-order valence-corrected chi connectivity index (χ4v) is 4.46. The number of nitrogens with one attached hydrogen (secondary N) is 1. The second-order valence-electron chi connectivity index (χ2n) is 10.2. The SMILES string of the molecule is CCCOc1c(CC)cc([C@@](O)(CONc2cc(OCCC)c3ncc(C)cc3c2)C(F)(F)F)nc1-c1ccc(F)cc1. The third-order valence-corrected chi connectivity index (χ3v) is 6.71. The average Bonchev–Trinajstić information content (AvgIpc) is 2.97. The second kappa shape index (κ2) is 13.6. The summed E-state index contributed by atoms with van der Waals surface area (Å²) in [6.45, 7) is 6.96. The number of benzene rings is 2. The van der Waals surface area contributed by atoms with Gasteiger partial charge in [-0.2, -0.15) is 13.2 Å². The molecular weight excluding hydrogens is 566 g/mol. The van der Waals surface area contributed by atoms with E-state index in [1.54, 1.807) is 25.3 Å². The largest absolute Gasteiger partial charge is 0.491 e. The molecule has 0 spiro atoms. The standard InChI is InChI=1S/C32H35F4N3O4/c1-5-12-41-26-17-25(15-23-14-20(4)18-37-28(23)26)39-43-19-31(40,32(34,35)36)27-16-21(7-3)30(42-13-6-2)29(38-27)22-8-10-24(33)11-9-22/h8-11,14-18,39-40H,5-7,12-13,19H2,1-4H3/t31-/m0/s1. The lowest BCUT2D eigenvalue weighted by Crippen LogP contribution is -2.47. The van der Waals surface area contributed by atoms with Gasteiger partial charge in [-0.1, -0.05) is 20.8 Å². The highest BCUT2D eigenvalue weighted by Crippen LogP contribution is 2.42. The maximum Gasteiger partial charge on any atom is 0.425 e. The van der Waals surface area contributed by atoms with Crippen molar-refractivity contribution in [2.75, 3.05) is 25.3 Å². The lowest BCUT2D eigenvalue weighted by Gasteiger charge is -2.31. The Kier molecular flexibility index (Phi) is 10.1. The number of anilines is 1. The molecule has 2 N–H and O–H groups in total. The third-order valence-electron chi connectivity index (χ3n) is 6.71. The van der Waals surface area contributed by atoms with Gasteiger partial charge in [-0.15, -0.1) is 0 Å². The van der Waals surface area contributed by atoms with Crippen LogP contribution in [0.25, 0.3) is 22.2 Å². The van der Waals surface area contributed by atoms with Crippen LogP contribution in [0.2, 0.25) is 0 Å². The maximum atomic E-state index is 14.6. The fraction of sp³-hybridized carbons (Fsp3) is 0.375. The summed E-state index contributed by atoms with van der Waals surface area (Å²) in [6.07, 6.45) is -1.78. The van der Waals surface area contributed by atoms with Gasteiger partial charge in [0.25, 0.3) is 0 Å². The predicted octanol–water partition coefficient (Wildman–Crippen LogP) is 7.68. The number of hydrogen-bond donors (Lipinski definition) is 2. The highest BCUT2D eigenvalue weighted by Gasteiger charge is 2.57. The molecule has 0 amide bonds. The number of fused-ring (bicyclic) bond motifs is 1. The van der Waals surface area contributed by atoms with Gasteiger partial charge in [0, 0.05) is 23.2 Å². The van der Waals surface area contributed by atoms with Crippen LogP contribution in [-0.4, -0.2) is 41.1 Å². The number of aryl methyl sites for hydroxylation is 2. The normalized spacial score (nSPS) is 13.1. The van der Waals surface area contributed by atoms with E-state index in [0.29, 0.717) is 59.5 Å². The zero-order chi connectivity index (χ0) is 31.2. The Morgan fingerprint density at radius 1 is 0.930 bits per heavy atom. The molecule has 0 unspecified atom stereocenters. The molecule has 4 rings (SSSR count). The van der Waals surface area contributed by atoms with E-state index in [4.69, 9.17) is 14.3 Å². The van der Waals surface area contributed by atoms with Crippen molar-refractivity contribution >= 4 is 16.6 Å². The van der Waals surface area contributed by atoms with Crippen molar-refractivity contribution in [3.8, 4) is 22.8 Å². The summed E-state index contributed by atoms with van der Waals surface area (Å²) in [4.78, 5) is 14.0. The highest BCUT2D eigenvalue weighted by molar-refractivity contribution is 5.88. The van der Waals surface area contributed by atoms with Crippen LogP contribution >= 0.6 is 0 Å². The van der Waals surface area contributed by atoms with Crippen molar-refractivity contribution in [2.45, 2.75) is 58.7 Å². The quantitative estimate of drug-likeness (QED) is 0.120. The van der Waals surface area contributed by atoms with Crippen molar-refractivity contribution in [1.29, 1.82) is 0 Å². The first-order chi connectivity index (χ1) is 20.5. The van der Waals surface area contributed by atoms with Crippen LogP contribution in [0.4, 0.5) is 23.2 Å². The summed E-state index contributed by atoms with van der Waals surface area (Å²) in [5.41, 5.74) is 0.968. The first kappa shape index (κ1) is 32.0. The highest BCUT2D eigenvalue weighted by atomic mass is 19.4. The van der Waals surface area contributed by atoms with Crippen LogP contribution in [0.15, 0.2) is 54.7 Å². The lowest BCUT2D eigenvalue weighted by molar-refractivity contribution is -0.281. The molecule has 4 aromatic rings. The summed E-state index contributed by atoms with van der Waals surface area (Å²) in [5.74, 6) is 0.209. The summed E-state index contributed by atoms with van der Waals surface area (Å²) in [5, 5.41) is 11.9. The van der Waals surface area contributed by atoms with Gasteiger partial charge in [0.15, 0.2) is 0 Å². The topological polar surface area (TPSA) is 85.7 Å². The summed E-state index contributed by atoms with van der Waals surface area (Å²) >= 11 is 0. The minimum atomic E-state index is -5.17. The Morgan fingerprint density at radius 2 is 1.63 bits per heavy atom. The molecule has 0 saturated heterocycles. The molecule has 0 radical (unpaired) electrons. The van der Waals surface area contributed by atoms with Crippen molar-refractivity contribution in [3.63, 3.8) is 0 Å². The number of ether oxygens (including phenoxy) is 2. The van der Waals surface area contributed by atoms with Crippen molar-refractivity contribution < 1.29 is 37.0 Å². The smallest absolute Gasteiger partial charge is 0.425 e. The van der Waals surface area contributed by atoms with Gasteiger partial charge in [0.2, 0.25) is 5.60 Å². The Balaban J connectivity index is 1.71. The number of pyridine rings is 2. The summed E-state index contributed by atoms with van der Waals surface area (Å²) in [6, 6.07) is 11.5. The van der Waals surface area contributed by atoms with E-state index in [2.05, 4.69) is 15.4 Å². The number of aliphatic hydroxyl groups is 1. The first-order valence-corrected chi connectivity index (χ1v) is 14.1. The summed E-state index contributed by atoms with van der Waals surface area (Å²) < 4.78 is 69.1. The minimum Gasteiger partial charge on any atom is -0.491 e. The Labute approximate surface area is 247 Å². The molecule has 230 valence electrons. The van der Waals surface area contributed by atoms with Crippen LogP contribution in [0.1, 0.15) is 50.4 Å². The second-order valence-corrected chi connectivity index (χ2v) is 10.2. The van der Waals surface area contributed by atoms with E-state index < -0.39 is 29.9 Å². The van der Waals surface area contributed by atoms with E-state index in [-0.39, 0.29) is 11.4 Å².